The average molecular weight is 298 g/mol. The van der Waals surface area contributed by atoms with Gasteiger partial charge in [-0.15, -0.1) is 11.8 Å². The molecule has 1 aromatic carbocycles. The van der Waals surface area contributed by atoms with Gasteiger partial charge in [0, 0.05) is 22.7 Å². The van der Waals surface area contributed by atoms with Crippen molar-refractivity contribution in [3.8, 4) is 0 Å². The van der Waals surface area contributed by atoms with Gasteiger partial charge in [-0.25, -0.2) is 0 Å². The highest BCUT2D eigenvalue weighted by Gasteiger charge is 2.40. The summed E-state index contributed by atoms with van der Waals surface area (Å²) >= 11 is 5.67. The summed E-state index contributed by atoms with van der Waals surface area (Å²) in [7, 11) is 0. The van der Waals surface area contributed by atoms with E-state index in [1.165, 1.54) is 40.6 Å². The van der Waals surface area contributed by atoms with E-state index in [0.717, 1.165) is 0 Å². The van der Waals surface area contributed by atoms with Crippen LogP contribution in [0.4, 0.5) is 0 Å². The Hall–Kier alpha value is 0.01000. The van der Waals surface area contributed by atoms with E-state index in [-0.39, 0.29) is 0 Å². The molecule has 1 N–H and O–H groups in total. The second-order valence-corrected chi connectivity index (χ2v) is 7.26. The van der Waals surface area contributed by atoms with Crippen LogP contribution in [0.15, 0.2) is 22.7 Å². The highest BCUT2D eigenvalue weighted by atomic mass is 79.9. The molecular formula is C13H16BrNS. The number of aryl methyl sites for hydroxylation is 1. The monoisotopic (exact) mass is 297 g/mol. The molecule has 3 rings (SSSR count). The minimum atomic E-state index is 0.334. The molecule has 16 heavy (non-hydrogen) atoms. The first-order chi connectivity index (χ1) is 7.67. The molecule has 1 aliphatic heterocycles. The van der Waals surface area contributed by atoms with Crippen LogP contribution < -0.4 is 5.32 Å². The maximum Gasteiger partial charge on any atom is 0.0692 e. The Kier molecular flexibility index (Phi) is 2.81. The molecule has 0 bridgehead atoms. The lowest BCUT2D eigenvalue weighted by atomic mass is 9.87. The third kappa shape index (κ3) is 1.93. The molecular weight excluding hydrogens is 282 g/mol. The van der Waals surface area contributed by atoms with Crippen LogP contribution in [0.25, 0.3) is 0 Å². The van der Waals surface area contributed by atoms with Gasteiger partial charge in [-0.2, -0.15) is 0 Å². The van der Waals surface area contributed by atoms with E-state index in [1.807, 2.05) is 0 Å². The highest BCUT2D eigenvalue weighted by molar-refractivity contribution is 9.10. The topological polar surface area (TPSA) is 12.0 Å². The molecule has 0 amide bonds. The predicted octanol–water partition coefficient (Wildman–Crippen LogP) is 3.36. The Balaban J connectivity index is 1.89. The van der Waals surface area contributed by atoms with Crippen molar-refractivity contribution < 1.29 is 0 Å². The molecule has 1 fully saturated rings. The van der Waals surface area contributed by atoms with Crippen molar-refractivity contribution in [1.82, 2.24) is 5.32 Å². The SMILES string of the molecule is CC1CSC2(CCc3cc(Br)ccc3C2)N1. The molecule has 1 nitrogen and oxygen atoms in total. The van der Waals surface area contributed by atoms with Crippen molar-refractivity contribution in [2.75, 3.05) is 5.75 Å². The second-order valence-electron chi connectivity index (χ2n) is 4.94. The van der Waals surface area contributed by atoms with Crippen LogP contribution in [-0.2, 0) is 12.8 Å². The van der Waals surface area contributed by atoms with Crippen molar-refractivity contribution in [3.63, 3.8) is 0 Å². The smallest absolute Gasteiger partial charge is 0.0692 e. The van der Waals surface area contributed by atoms with Gasteiger partial charge in [0.15, 0.2) is 0 Å². The number of hydrogen-bond acceptors (Lipinski definition) is 2. The number of rotatable bonds is 0. The van der Waals surface area contributed by atoms with Gasteiger partial charge in [0.25, 0.3) is 0 Å². The number of halogens is 1. The lowest BCUT2D eigenvalue weighted by Gasteiger charge is -2.34. The minimum absolute atomic E-state index is 0.334. The number of benzene rings is 1. The van der Waals surface area contributed by atoms with Gasteiger partial charge in [0.1, 0.15) is 0 Å². The summed E-state index contributed by atoms with van der Waals surface area (Å²) in [5.74, 6) is 1.26. The summed E-state index contributed by atoms with van der Waals surface area (Å²) in [6.07, 6.45) is 3.66. The third-order valence-electron chi connectivity index (χ3n) is 3.56. The van der Waals surface area contributed by atoms with Crippen molar-refractivity contribution in [2.45, 2.75) is 37.1 Å². The largest absolute Gasteiger partial charge is 0.299 e. The van der Waals surface area contributed by atoms with E-state index in [0.29, 0.717) is 10.9 Å². The molecule has 2 unspecified atom stereocenters. The van der Waals surface area contributed by atoms with E-state index in [9.17, 15) is 0 Å². The zero-order valence-electron chi connectivity index (χ0n) is 9.42. The fraction of sp³-hybridized carbons (Fsp3) is 0.538. The van der Waals surface area contributed by atoms with E-state index in [1.54, 1.807) is 0 Å². The Morgan fingerprint density at radius 3 is 3.06 bits per heavy atom. The molecule has 1 spiro atoms. The zero-order valence-corrected chi connectivity index (χ0v) is 11.8. The van der Waals surface area contributed by atoms with Crippen LogP contribution in [0.5, 0.6) is 0 Å². The Bertz CT molecular complexity index is 420. The van der Waals surface area contributed by atoms with Crippen LogP contribution in [0, 0.1) is 0 Å². The lowest BCUT2D eigenvalue weighted by molar-refractivity contribution is 0.407. The van der Waals surface area contributed by atoms with Crippen LogP contribution >= 0.6 is 27.7 Å². The highest BCUT2D eigenvalue weighted by Crippen LogP contribution is 2.41. The first-order valence-electron chi connectivity index (χ1n) is 5.86. The predicted molar refractivity (Wildman–Crippen MR) is 74.0 cm³/mol. The van der Waals surface area contributed by atoms with Crippen LogP contribution in [0.3, 0.4) is 0 Å². The zero-order chi connectivity index (χ0) is 11.2. The van der Waals surface area contributed by atoms with E-state index < -0.39 is 0 Å². The van der Waals surface area contributed by atoms with Gasteiger partial charge in [-0.3, -0.25) is 5.32 Å². The second kappa shape index (κ2) is 4.04. The first-order valence-corrected chi connectivity index (χ1v) is 7.64. The molecule has 1 aromatic rings. The average Bonchev–Trinajstić information content (AvgIpc) is 2.61. The standard InChI is InChI=1S/C13H16BrNS/c1-9-8-16-13(15-9)5-4-10-6-12(14)3-2-11(10)7-13/h2-3,6,9,15H,4-5,7-8H2,1H3. The van der Waals surface area contributed by atoms with Crippen LogP contribution in [-0.4, -0.2) is 16.7 Å². The molecule has 0 saturated carbocycles. The Morgan fingerprint density at radius 1 is 1.44 bits per heavy atom. The van der Waals surface area contributed by atoms with E-state index >= 15 is 0 Å². The molecule has 0 radical (unpaired) electrons. The van der Waals surface area contributed by atoms with Crippen LogP contribution in [0.2, 0.25) is 0 Å². The van der Waals surface area contributed by atoms with E-state index in [2.05, 4.69) is 58.1 Å². The molecule has 2 atom stereocenters. The Morgan fingerprint density at radius 2 is 2.31 bits per heavy atom. The summed E-state index contributed by atoms with van der Waals surface area (Å²) in [5, 5.41) is 3.78. The molecule has 3 heteroatoms. The number of fused-ring (bicyclic) bond motifs is 1. The lowest BCUT2D eigenvalue weighted by Crippen LogP contribution is -2.45. The number of thioether (sulfide) groups is 1. The fourth-order valence-electron chi connectivity index (χ4n) is 2.80. The first kappa shape index (κ1) is 11.1. The summed E-state index contributed by atoms with van der Waals surface area (Å²) in [6, 6.07) is 7.40. The summed E-state index contributed by atoms with van der Waals surface area (Å²) in [5.41, 5.74) is 3.06. The summed E-state index contributed by atoms with van der Waals surface area (Å²) < 4.78 is 1.21. The maximum absolute atomic E-state index is 3.78. The Labute approximate surface area is 110 Å². The summed E-state index contributed by atoms with van der Waals surface area (Å²) in [6.45, 7) is 2.29. The fourth-order valence-corrected chi connectivity index (χ4v) is 4.64. The molecule has 2 aliphatic rings. The maximum atomic E-state index is 3.78. The van der Waals surface area contributed by atoms with Crippen molar-refractivity contribution in [2.24, 2.45) is 0 Å². The molecule has 1 heterocycles. The third-order valence-corrected chi connectivity index (χ3v) is 5.74. The van der Waals surface area contributed by atoms with Crippen molar-refractivity contribution in [3.05, 3.63) is 33.8 Å². The van der Waals surface area contributed by atoms with Crippen LogP contribution in [0.1, 0.15) is 24.5 Å². The van der Waals surface area contributed by atoms with Gasteiger partial charge >= 0.3 is 0 Å². The van der Waals surface area contributed by atoms with Gasteiger partial charge in [0.2, 0.25) is 0 Å². The number of nitrogens with one attached hydrogen (secondary N) is 1. The van der Waals surface area contributed by atoms with Gasteiger partial charge in [-0.1, -0.05) is 22.0 Å². The van der Waals surface area contributed by atoms with Gasteiger partial charge in [0.05, 0.1) is 4.87 Å². The van der Waals surface area contributed by atoms with Crippen molar-refractivity contribution in [1.29, 1.82) is 0 Å². The minimum Gasteiger partial charge on any atom is -0.299 e. The van der Waals surface area contributed by atoms with E-state index in [4.69, 9.17) is 0 Å². The molecule has 0 aromatic heterocycles. The van der Waals surface area contributed by atoms with Crippen molar-refractivity contribution >= 4 is 27.7 Å². The van der Waals surface area contributed by atoms with Gasteiger partial charge < -0.3 is 0 Å². The quantitative estimate of drug-likeness (QED) is 0.788. The normalized spacial score (nSPS) is 33.0. The molecule has 86 valence electrons. The van der Waals surface area contributed by atoms with Gasteiger partial charge in [-0.05, 0) is 43.0 Å². The molecule has 1 aliphatic carbocycles. The summed E-state index contributed by atoms with van der Waals surface area (Å²) in [4.78, 5) is 0.334. The molecule has 1 saturated heterocycles. The number of hydrogen-bond donors (Lipinski definition) is 1.